The van der Waals surface area contributed by atoms with Crippen LogP contribution in [0, 0.1) is 0 Å². The van der Waals surface area contributed by atoms with Gasteiger partial charge in [0.15, 0.2) is 0 Å². The van der Waals surface area contributed by atoms with E-state index in [0.717, 1.165) is 31.2 Å². The van der Waals surface area contributed by atoms with E-state index in [9.17, 15) is 18.0 Å². The Morgan fingerprint density at radius 1 is 1.40 bits per heavy atom. The Morgan fingerprint density at radius 3 is 2.88 bits per heavy atom. The Kier molecular flexibility index (Phi) is 4.65. The maximum atomic E-state index is 12.9. The van der Waals surface area contributed by atoms with Crippen molar-refractivity contribution >= 4 is 11.7 Å². The van der Waals surface area contributed by atoms with Crippen LogP contribution in [-0.4, -0.2) is 39.8 Å². The molecule has 6 nitrogen and oxygen atoms in total. The van der Waals surface area contributed by atoms with E-state index in [0.29, 0.717) is 18.7 Å². The van der Waals surface area contributed by atoms with Crippen LogP contribution in [0.1, 0.15) is 28.8 Å². The van der Waals surface area contributed by atoms with Crippen molar-refractivity contribution in [3.05, 3.63) is 41.9 Å². The molecule has 0 radical (unpaired) electrons. The lowest BCUT2D eigenvalue weighted by molar-refractivity contribution is -0.137. The van der Waals surface area contributed by atoms with E-state index in [4.69, 9.17) is 0 Å². The predicted molar refractivity (Wildman–Crippen MR) is 85.1 cm³/mol. The number of amides is 1. The van der Waals surface area contributed by atoms with Gasteiger partial charge in [-0.2, -0.15) is 18.3 Å². The van der Waals surface area contributed by atoms with Crippen LogP contribution in [0.5, 0.6) is 0 Å². The van der Waals surface area contributed by atoms with Gasteiger partial charge >= 0.3 is 6.18 Å². The van der Waals surface area contributed by atoms with Crippen molar-refractivity contribution in [3.63, 3.8) is 0 Å². The fourth-order valence-electron chi connectivity index (χ4n) is 2.88. The maximum absolute atomic E-state index is 12.9. The molecule has 2 aromatic rings. The van der Waals surface area contributed by atoms with Crippen LogP contribution in [0.25, 0.3) is 0 Å². The first-order valence-electron chi connectivity index (χ1n) is 7.90. The first kappa shape index (κ1) is 17.2. The highest BCUT2D eigenvalue weighted by Crippen LogP contribution is 2.31. The lowest BCUT2D eigenvalue weighted by Crippen LogP contribution is -2.48. The van der Waals surface area contributed by atoms with E-state index in [-0.39, 0.29) is 17.8 Å². The molecule has 25 heavy (non-hydrogen) atoms. The summed E-state index contributed by atoms with van der Waals surface area (Å²) < 4.78 is 40.1. The summed E-state index contributed by atoms with van der Waals surface area (Å²) in [5, 5.41) is 6.86. The number of piperidine rings is 1. The Labute approximate surface area is 142 Å². The van der Waals surface area contributed by atoms with Crippen molar-refractivity contribution < 1.29 is 18.0 Å². The van der Waals surface area contributed by atoms with Crippen LogP contribution in [0.4, 0.5) is 19.0 Å². The van der Waals surface area contributed by atoms with Crippen LogP contribution in [0.15, 0.2) is 30.7 Å². The van der Waals surface area contributed by atoms with Crippen molar-refractivity contribution in [1.29, 1.82) is 0 Å². The van der Waals surface area contributed by atoms with Crippen molar-refractivity contribution in [2.75, 3.05) is 18.0 Å². The average molecular weight is 353 g/mol. The molecule has 134 valence electrons. The van der Waals surface area contributed by atoms with Gasteiger partial charge in [-0.15, -0.1) is 0 Å². The third kappa shape index (κ3) is 4.09. The highest BCUT2D eigenvalue weighted by Gasteiger charge is 2.32. The van der Waals surface area contributed by atoms with E-state index < -0.39 is 11.7 Å². The zero-order valence-electron chi connectivity index (χ0n) is 13.6. The van der Waals surface area contributed by atoms with Crippen molar-refractivity contribution in [1.82, 2.24) is 20.1 Å². The van der Waals surface area contributed by atoms with Gasteiger partial charge in [-0.25, -0.2) is 4.98 Å². The Bertz CT molecular complexity index is 758. The average Bonchev–Trinajstić information content (AvgIpc) is 3.01. The second kappa shape index (κ2) is 6.73. The number of anilines is 1. The number of hydrogen-bond acceptors (Lipinski definition) is 4. The number of aryl methyl sites for hydroxylation is 1. The van der Waals surface area contributed by atoms with Gasteiger partial charge in [0, 0.05) is 38.6 Å². The minimum atomic E-state index is -4.40. The van der Waals surface area contributed by atoms with Gasteiger partial charge in [0.2, 0.25) is 0 Å². The van der Waals surface area contributed by atoms with Gasteiger partial charge in [-0.05, 0) is 25.0 Å². The van der Waals surface area contributed by atoms with Crippen LogP contribution in [0.3, 0.4) is 0 Å². The number of carbonyl (C=O) groups is 1. The van der Waals surface area contributed by atoms with E-state index in [1.807, 2.05) is 0 Å². The van der Waals surface area contributed by atoms with Gasteiger partial charge in [0.25, 0.3) is 5.91 Å². The molecule has 0 saturated carbocycles. The normalized spacial score (nSPS) is 18.2. The SMILES string of the molecule is Cn1cc(C(=O)NC2CCCN(c3cc(C(F)(F)F)ccn3)C2)cn1. The molecule has 0 aromatic carbocycles. The van der Waals surface area contributed by atoms with Gasteiger partial charge in [0.05, 0.1) is 17.3 Å². The highest BCUT2D eigenvalue weighted by molar-refractivity contribution is 5.93. The van der Waals surface area contributed by atoms with Crippen molar-refractivity contribution in [3.8, 4) is 0 Å². The number of halogens is 3. The molecule has 3 rings (SSSR count). The fraction of sp³-hybridized carbons (Fsp3) is 0.438. The van der Waals surface area contributed by atoms with E-state index >= 15 is 0 Å². The van der Waals surface area contributed by atoms with Gasteiger partial charge in [0.1, 0.15) is 5.82 Å². The molecule has 0 aliphatic carbocycles. The Hall–Kier alpha value is -2.58. The molecule has 0 bridgehead atoms. The van der Waals surface area contributed by atoms with Crippen LogP contribution < -0.4 is 10.2 Å². The molecule has 2 aromatic heterocycles. The first-order chi connectivity index (χ1) is 11.8. The fourth-order valence-corrected chi connectivity index (χ4v) is 2.88. The molecule has 1 fully saturated rings. The molecular formula is C16H18F3N5O. The molecule has 0 spiro atoms. The zero-order chi connectivity index (χ0) is 18.0. The molecule has 1 aliphatic rings. The molecule has 1 aliphatic heterocycles. The lowest BCUT2D eigenvalue weighted by atomic mass is 10.0. The summed E-state index contributed by atoms with van der Waals surface area (Å²) in [5.41, 5.74) is -0.268. The number of nitrogens with one attached hydrogen (secondary N) is 1. The van der Waals surface area contributed by atoms with Crippen LogP contribution in [-0.2, 0) is 13.2 Å². The zero-order valence-corrected chi connectivity index (χ0v) is 13.6. The minimum Gasteiger partial charge on any atom is -0.355 e. The molecule has 1 unspecified atom stereocenters. The van der Waals surface area contributed by atoms with Crippen molar-refractivity contribution in [2.24, 2.45) is 7.05 Å². The number of aromatic nitrogens is 3. The van der Waals surface area contributed by atoms with Gasteiger partial charge < -0.3 is 10.2 Å². The highest BCUT2D eigenvalue weighted by atomic mass is 19.4. The third-order valence-corrected chi connectivity index (χ3v) is 4.12. The summed E-state index contributed by atoms with van der Waals surface area (Å²) in [5.74, 6) is 0.0344. The molecular weight excluding hydrogens is 335 g/mol. The van der Waals surface area contributed by atoms with Crippen LogP contribution >= 0.6 is 0 Å². The molecule has 1 amide bonds. The third-order valence-electron chi connectivity index (χ3n) is 4.12. The minimum absolute atomic E-state index is 0.155. The number of rotatable bonds is 3. The Balaban J connectivity index is 1.68. The number of pyridine rings is 1. The summed E-state index contributed by atoms with van der Waals surface area (Å²) in [7, 11) is 1.72. The van der Waals surface area contributed by atoms with Crippen LogP contribution in [0.2, 0.25) is 0 Å². The Morgan fingerprint density at radius 2 is 2.20 bits per heavy atom. The standard InChI is InChI=1S/C16H18F3N5O/c1-23-9-11(8-21-23)15(25)22-13-3-2-6-24(10-13)14-7-12(4-5-20-14)16(17,18)19/h4-5,7-9,13H,2-3,6,10H2,1H3,(H,22,25). The summed E-state index contributed by atoms with van der Waals surface area (Å²) >= 11 is 0. The smallest absolute Gasteiger partial charge is 0.355 e. The van der Waals surface area contributed by atoms with E-state index in [2.05, 4.69) is 15.4 Å². The summed E-state index contributed by atoms with van der Waals surface area (Å²) in [6.07, 6.45) is 1.38. The summed E-state index contributed by atoms with van der Waals surface area (Å²) in [4.78, 5) is 18.0. The molecule has 1 N–H and O–H groups in total. The second-order valence-corrected chi connectivity index (χ2v) is 6.06. The largest absolute Gasteiger partial charge is 0.416 e. The van der Waals surface area contributed by atoms with E-state index in [1.54, 1.807) is 18.1 Å². The first-order valence-corrected chi connectivity index (χ1v) is 7.90. The molecule has 3 heterocycles. The monoisotopic (exact) mass is 353 g/mol. The number of carbonyl (C=O) groups excluding carboxylic acids is 1. The number of hydrogen-bond donors (Lipinski definition) is 1. The van der Waals surface area contributed by atoms with Crippen molar-refractivity contribution in [2.45, 2.75) is 25.1 Å². The number of alkyl halides is 3. The lowest BCUT2D eigenvalue weighted by Gasteiger charge is -2.34. The topological polar surface area (TPSA) is 63.1 Å². The maximum Gasteiger partial charge on any atom is 0.416 e. The van der Waals surface area contributed by atoms with E-state index in [1.165, 1.54) is 10.9 Å². The second-order valence-electron chi connectivity index (χ2n) is 6.06. The van der Waals surface area contributed by atoms with Gasteiger partial charge in [-0.3, -0.25) is 9.48 Å². The van der Waals surface area contributed by atoms with Gasteiger partial charge in [-0.1, -0.05) is 0 Å². The number of nitrogens with zero attached hydrogens (tertiary/aromatic N) is 4. The predicted octanol–water partition coefficient (Wildman–Crippen LogP) is 2.23. The summed E-state index contributed by atoms with van der Waals surface area (Å²) in [6, 6.07) is 1.85. The summed E-state index contributed by atoms with van der Waals surface area (Å²) in [6.45, 7) is 1.02. The molecule has 1 saturated heterocycles. The molecule has 1 atom stereocenters. The molecule has 9 heteroatoms. The quantitative estimate of drug-likeness (QED) is 0.919.